The van der Waals surface area contributed by atoms with Crippen LogP contribution in [0.15, 0.2) is 39.9 Å². The number of nitrogens with one attached hydrogen (secondary N) is 3. The van der Waals surface area contributed by atoms with Crippen molar-refractivity contribution < 1.29 is 9.18 Å². The summed E-state index contributed by atoms with van der Waals surface area (Å²) in [6.07, 6.45) is 1.91. The lowest BCUT2D eigenvalue weighted by molar-refractivity contribution is -0.129. The van der Waals surface area contributed by atoms with E-state index in [9.17, 15) is 18.8 Å². The Kier molecular flexibility index (Phi) is 6.61. The Morgan fingerprint density at radius 2 is 1.87 bits per heavy atom. The van der Waals surface area contributed by atoms with E-state index >= 15 is 0 Å². The van der Waals surface area contributed by atoms with Crippen LogP contribution in [0.1, 0.15) is 29.8 Å². The number of hydrogen-bond acceptors (Lipinski definition) is 4. The Balaban J connectivity index is 1.47. The monoisotopic (exact) mass is 413 g/mol. The highest BCUT2D eigenvalue weighted by Crippen LogP contribution is 2.18. The molecule has 0 spiro atoms. The fraction of sp³-hybridized carbons (Fsp3) is 0.333. The van der Waals surface area contributed by atoms with Gasteiger partial charge in [0, 0.05) is 42.5 Å². The normalized spacial score (nSPS) is 10.9. The van der Waals surface area contributed by atoms with Crippen molar-refractivity contribution in [2.24, 2.45) is 0 Å². The summed E-state index contributed by atoms with van der Waals surface area (Å²) in [5.41, 5.74) is 2.41. The maximum Gasteiger partial charge on any atom is 0.325 e. The van der Waals surface area contributed by atoms with E-state index in [-0.39, 0.29) is 24.6 Å². The van der Waals surface area contributed by atoms with Gasteiger partial charge in [0.05, 0.1) is 5.69 Å². The fourth-order valence-corrected chi connectivity index (χ4v) is 3.24. The van der Waals surface area contributed by atoms with Crippen LogP contribution in [0.4, 0.5) is 4.39 Å². The average Bonchev–Trinajstić information content (AvgIpc) is 3.16. The van der Waals surface area contributed by atoms with Gasteiger partial charge in [-0.25, -0.2) is 9.18 Å². The minimum Gasteiger partial charge on any atom is -0.346 e. The van der Waals surface area contributed by atoms with E-state index in [1.54, 1.807) is 31.0 Å². The van der Waals surface area contributed by atoms with Gasteiger partial charge in [-0.05, 0) is 56.5 Å². The molecule has 0 saturated carbocycles. The van der Waals surface area contributed by atoms with Crippen LogP contribution in [0.25, 0.3) is 11.3 Å². The van der Waals surface area contributed by atoms with E-state index in [0.29, 0.717) is 24.2 Å². The summed E-state index contributed by atoms with van der Waals surface area (Å²) >= 11 is 0. The summed E-state index contributed by atoms with van der Waals surface area (Å²) in [6, 6.07) is 8.06. The molecule has 0 radical (unpaired) electrons. The first-order chi connectivity index (χ1) is 14.3. The van der Waals surface area contributed by atoms with Crippen molar-refractivity contribution in [3.8, 4) is 11.3 Å². The number of rotatable bonds is 8. The third kappa shape index (κ3) is 5.31. The molecule has 9 heteroatoms. The Labute approximate surface area is 172 Å². The number of aryl methyl sites for hydroxylation is 2. The molecule has 0 aliphatic heterocycles. The predicted octanol–water partition coefficient (Wildman–Crippen LogP) is 1.92. The van der Waals surface area contributed by atoms with Gasteiger partial charge in [0.1, 0.15) is 5.82 Å². The van der Waals surface area contributed by atoms with Gasteiger partial charge in [-0.1, -0.05) is 0 Å². The fourth-order valence-electron chi connectivity index (χ4n) is 3.24. The zero-order valence-corrected chi connectivity index (χ0v) is 16.9. The molecule has 0 aliphatic carbocycles. The van der Waals surface area contributed by atoms with Crippen molar-refractivity contribution in [2.75, 3.05) is 13.6 Å². The first-order valence-corrected chi connectivity index (χ1v) is 9.69. The molecule has 0 aliphatic rings. The zero-order valence-electron chi connectivity index (χ0n) is 16.9. The maximum atomic E-state index is 13.0. The number of hydrogen-bond donors (Lipinski definition) is 3. The standard InChI is InChI=1S/C21H24FN5O3/c1-13-17(20(29)24-21(30)23-13)9-10-19(28)27(2)11-3-4-16-12-18(26-25-16)14-5-7-15(22)8-6-14/h5-8,12H,3-4,9-11H2,1-2H3,(H,25,26)(H2,23,24,29,30). The van der Waals surface area contributed by atoms with E-state index in [0.717, 1.165) is 23.4 Å². The van der Waals surface area contributed by atoms with Gasteiger partial charge in [0.2, 0.25) is 5.91 Å². The highest BCUT2D eigenvalue weighted by atomic mass is 19.1. The van der Waals surface area contributed by atoms with Crippen LogP contribution in [0.3, 0.4) is 0 Å². The molecule has 158 valence electrons. The molecule has 0 bridgehead atoms. The lowest BCUT2D eigenvalue weighted by Crippen LogP contribution is -2.30. The van der Waals surface area contributed by atoms with Gasteiger partial charge in [-0.15, -0.1) is 0 Å². The van der Waals surface area contributed by atoms with Crippen LogP contribution in [0.2, 0.25) is 0 Å². The zero-order chi connectivity index (χ0) is 21.7. The Morgan fingerprint density at radius 3 is 2.57 bits per heavy atom. The molecule has 1 amide bonds. The van der Waals surface area contributed by atoms with E-state index in [2.05, 4.69) is 20.2 Å². The molecule has 0 atom stereocenters. The minimum atomic E-state index is -0.550. The second kappa shape index (κ2) is 9.34. The van der Waals surface area contributed by atoms with Crippen molar-refractivity contribution >= 4 is 5.91 Å². The van der Waals surface area contributed by atoms with Crippen LogP contribution in [0, 0.1) is 12.7 Å². The van der Waals surface area contributed by atoms with Crippen molar-refractivity contribution in [3.63, 3.8) is 0 Å². The summed E-state index contributed by atoms with van der Waals surface area (Å²) in [6.45, 7) is 2.20. The second-order valence-corrected chi connectivity index (χ2v) is 7.22. The summed E-state index contributed by atoms with van der Waals surface area (Å²) < 4.78 is 13.0. The molecule has 2 aromatic heterocycles. The van der Waals surface area contributed by atoms with Gasteiger partial charge in [-0.3, -0.25) is 19.7 Å². The van der Waals surface area contributed by atoms with Crippen LogP contribution in [-0.4, -0.2) is 44.6 Å². The molecule has 30 heavy (non-hydrogen) atoms. The molecular weight excluding hydrogens is 389 g/mol. The Hall–Kier alpha value is -3.49. The second-order valence-electron chi connectivity index (χ2n) is 7.22. The average molecular weight is 413 g/mol. The van der Waals surface area contributed by atoms with Crippen LogP contribution >= 0.6 is 0 Å². The van der Waals surface area contributed by atoms with Gasteiger partial charge in [0.25, 0.3) is 5.56 Å². The number of nitrogens with zero attached hydrogens (tertiary/aromatic N) is 2. The third-order valence-corrected chi connectivity index (χ3v) is 4.98. The molecule has 3 aromatic rings. The first-order valence-electron chi connectivity index (χ1n) is 9.69. The topological polar surface area (TPSA) is 115 Å². The van der Waals surface area contributed by atoms with Crippen LogP contribution in [0.5, 0.6) is 0 Å². The van der Waals surface area contributed by atoms with Gasteiger partial charge < -0.3 is 9.88 Å². The highest BCUT2D eigenvalue weighted by molar-refractivity contribution is 5.76. The van der Waals surface area contributed by atoms with E-state index in [1.165, 1.54) is 12.1 Å². The number of amides is 1. The SMILES string of the molecule is Cc1[nH]c(=O)[nH]c(=O)c1CCC(=O)N(C)CCCc1cc(-c2ccc(F)cc2)n[nH]1. The molecule has 0 fully saturated rings. The first kappa shape index (κ1) is 21.2. The van der Waals surface area contributed by atoms with E-state index < -0.39 is 11.2 Å². The number of carbonyl (C=O) groups excluding carboxylic acids is 1. The Morgan fingerprint density at radius 1 is 1.13 bits per heavy atom. The van der Waals surface area contributed by atoms with Crippen LogP contribution < -0.4 is 11.2 Å². The van der Waals surface area contributed by atoms with Crippen molar-refractivity contribution in [2.45, 2.75) is 32.6 Å². The largest absolute Gasteiger partial charge is 0.346 e. The summed E-state index contributed by atoms with van der Waals surface area (Å²) in [5, 5.41) is 7.22. The van der Waals surface area contributed by atoms with Crippen molar-refractivity contribution in [1.82, 2.24) is 25.1 Å². The number of carbonyl (C=O) groups is 1. The van der Waals surface area contributed by atoms with Crippen molar-refractivity contribution in [3.05, 3.63) is 73.9 Å². The number of halogens is 1. The number of benzene rings is 1. The maximum absolute atomic E-state index is 13.0. The van der Waals surface area contributed by atoms with Gasteiger partial charge >= 0.3 is 5.69 Å². The number of H-pyrrole nitrogens is 3. The van der Waals surface area contributed by atoms with Gasteiger partial charge in [0.15, 0.2) is 0 Å². The molecule has 1 aromatic carbocycles. The lowest BCUT2D eigenvalue weighted by atomic mass is 10.1. The van der Waals surface area contributed by atoms with Crippen LogP contribution in [-0.2, 0) is 17.6 Å². The molecule has 0 saturated heterocycles. The molecule has 8 nitrogen and oxygen atoms in total. The summed E-state index contributed by atoms with van der Waals surface area (Å²) in [7, 11) is 1.73. The third-order valence-electron chi connectivity index (χ3n) is 4.98. The van der Waals surface area contributed by atoms with Gasteiger partial charge in [-0.2, -0.15) is 5.10 Å². The smallest absolute Gasteiger partial charge is 0.325 e. The summed E-state index contributed by atoms with van der Waals surface area (Å²) in [4.78, 5) is 41.8. The lowest BCUT2D eigenvalue weighted by Gasteiger charge is -2.17. The highest BCUT2D eigenvalue weighted by Gasteiger charge is 2.13. The Bertz CT molecular complexity index is 1130. The molecule has 2 heterocycles. The quantitative estimate of drug-likeness (QED) is 0.523. The van der Waals surface area contributed by atoms with E-state index in [4.69, 9.17) is 0 Å². The predicted molar refractivity (Wildman–Crippen MR) is 111 cm³/mol. The number of aromatic nitrogens is 4. The van der Waals surface area contributed by atoms with E-state index in [1.807, 2.05) is 6.07 Å². The molecule has 3 rings (SSSR count). The molecule has 3 N–H and O–H groups in total. The van der Waals surface area contributed by atoms with Crippen molar-refractivity contribution in [1.29, 1.82) is 0 Å². The summed E-state index contributed by atoms with van der Waals surface area (Å²) in [5.74, 6) is -0.362. The molecule has 0 unspecified atom stereocenters. The molecular formula is C21H24FN5O3. The minimum absolute atomic E-state index is 0.0726. The number of aromatic amines is 3.